The molecule has 4 heteroatoms. The van der Waals surface area contributed by atoms with Gasteiger partial charge in [-0.1, -0.05) is 31.5 Å². The van der Waals surface area contributed by atoms with E-state index in [0.717, 1.165) is 6.42 Å². The predicted octanol–water partition coefficient (Wildman–Crippen LogP) is 2.15. The second-order valence-electron chi connectivity index (χ2n) is 4.39. The number of carbonyl (C=O) groups is 2. The molecule has 18 heavy (non-hydrogen) atoms. The van der Waals surface area contributed by atoms with Crippen molar-refractivity contribution in [1.29, 1.82) is 0 Å². The molecule has 0 aliphatic heterocycles. The van der Waals surface area contributed by atoms with Crippen LogP contribution in [0, 0.1) is 0 Å². The molecular weight excluding hydrogens is 230 g/mol. The van der Waals surface area contributed by atoms with Gasteiger partial charge in [-0.2, -0.15) is 0 Å². The number of amides is 1. The third-order valence-corrected chi connectivity index (χ3v) is 2.81. The highest BCUT2D eigenvalue weighted by molar-refractivity contribution is 5.97. The Hall–Kier alpha value is -1.84. The summed E-state index contributed by atoms with van der Waals surface area (Å²) in [4.78, 5) is 23.8. The number of benzene rings is 1. The standard InChI is InChI=1S/C14H19NO3/c1-4-10-14(2,13(17)18-3)15-12(16)11-8-6-5-7-9-11/h5-9H,4,10H2,1-3H3,(H,15,16)/t14-/m1/s1. The number of ether oxygens (including phenoxy) is 1. The molecule has 0 aromatic heterocycles. The van der Waals surface area contributed by atoms with E-state index in [1.807, 2.05) is 13.0 Å². The average molecular weight is 249 g/mol. The summed E-state index contributed by atoms with van der Waals surface area (Å²) in [5.74, 6) is -0.689. The minimum Gasteiger partial charge on any atom is -0.467 e. The molecule has 0 spiro atoms. The third-order valence-electron chi connectivity index (χ3n) is 2.81. The summed E-state index contributed by atoms with van der Waals surface area (Å²) in [5.41, 5.74) is -0.445. The Bertz CT molecular complexity index is 416. The lowest BCUT2D eigenvalue weighted by atomic mass is 9.95. The van der Waals surface area contributed by atoms with E-state index in [-0.39, 0.29) is 5.91 Å². The molecule has 0 fully saturated rings. The minimum atomic E-state index is -0.976. The van der Waals surface area contributed by atoms with Gasteiger partial charge in [-0.15, -0.1) is 0 Å². The number of hydrogen-bond acceptors (Lipinski definition) is 3. The number of hydrogen-bond donors (Lipinski definition) is 1. The Morgan fingerprint density at radius 3 is 2.39 bits per heavy atom. The molecule has 1 aromatic rings. The van der Waals surface area contributed by atoms with E-state index in [1.165, 1.54) is 7.11 Å². The van der Waals surface area contributed by atoms with Gasteiger partial charge in [0.05, 0.1) is 7.11 Å². The van der Waals surface area contributed by atoms with Gasteiger partial charge in [0, 0.05) is 5.56 Å². The highest BCUT2D eigenvalue weighted by Crippen LogP contribution is 2.15. The van der Waals surface area contributed by atoms with Crippen LogP contribution in [0.15, 0.2) is 30.3 Å². The van der Waals surface area contributed by atoms with Crippen molar-refractivity contribution in [3.8, 4) is 0 Å². The van der Waals surface area contributed by atoms with Crippen molar-refractivity contribution < 1.29 is 14.3 Å². The van der Waals surface area contributed by atoms with Crippen LogP contribution in [-0.4, -0.2) is 24.5 Å². The zero-order valence-corrected chi connectivity index (χ0v) is 11.0. The van der Waals surface area contributed by atoms with Crippen LogP contribution in [0.1, 0.15) is 37.0 Å². The average Bonchev–Trinajstić information content (AvgIpc) is 2.39. The predicted molar refractivity (Wildman–Crippen MR) is 69.2 cm³/mol. The Kier molecular flexibility index (Phi) is 4.89. The quantitative estimate of drug-likeness (QED) is 0.813. The monoisotopic (exact) mass is 249 g/mol. The van der Waals surface area contributed by atoms with Crippen molar-refractivity contribution in [2.75, 3.05) is 7.11 Å². The summed E-state index contributed by atoms with van der Waals surface area (Å²) in [6, 6.07) is 8.81. The van der Waals surface area contributed by atoms with Gasteiger partial charge in [-0.05, 0) is 25.5 Å². The van der Waals surface area contributed by atoms with Gasteiger partial charge in [0.2, 0.25) is 0 Å². The van der Waals surface area contributed by atoms with E-state index >= 15 is 0 Å². The summed E-state index contributed by atoms with van der Waals surface area (Å²) >= 11 is 0. The topological polar surface area (TPSA) is 55.4 Å². The van der Waals surface area contributed by atoms with Crippen LogP contribution in [0.3, 0.4) is 0 Å². The molecule has 0 bridgehead atoms. The normalized spacial score (nSPS) is 13.5. The fraction of sp³-hybridized carbons (Fsp3) is 0.429. The van der Waals surface area contributed by atoms with Crippen LogP contribution in [-0.2, 0) is 9.53 Å². The molecule has 98 valence electrons. The second-order valence-corrected chi connectivity index (χ2v) is 4.39. The Morgan fingerprint density at radius 1 is 1.28 bits per heavy atom. The Labute approximate surface area is 107 Å². The van der Waals surface area contributed by atoms with E-state index in [2.05, 4.69) is 5.32 Å². The van der Waals surface area contributed by atoms with Crippen LogP contribution in [0.5, 0.6) is 0 Å². The molecule has 1 rings (SSSR count). The molecule has 0 saturated heterocycles. The maximum absolute atomic E-state index is 12.0. The molecule has 1 amide bonds. The van der Waals surface area contributed by atoms with Gasteiger partial charge in [-0.3, -0.25) is 4.79 Å². The molecule has 0 radical (unpaired) electrons. The zero-order valence-electron chi connectivity index (χ0n) is 11.0. The first-order valence-corrected chi connectivity index (χ1v) is 5.99. The van der Waals surface area contributed by atoms with E-state index in [0.29, 0.717) is 12.0 Å². The molecule has 1 N–H and O–H groups in total. The first-order chi connectivity index (χ1) is 8.53. The lowest BCUT2D eigenvalue weighted by molar-refractivity contribution is -0.147. The number of methoxy groups -OCH3 is 1. The van der Waals surface area contributed by atoms with Gasteiger partial charge in [0.25, 0.3) is 5.91 Å². The summed E-state index contributed by atoms with van der Waals surface area (Å²) < 4.78 is 4.75. The van der Waals surface area contributed by atoms with Gasteiger partial charge in [-0.25, -0.2) is 4.79 Å². The zero-order chi connectivity index (χ0) is 13.6. The van der Waals surface area contributed by atoms with Crippen LogP contribution in [0.2, 0.25) is 0 Å². The van der Waals surface area contributed by atoms with Gasteiger partial charge in [0.15, 0.2) is 0 Å². The first-order valence-electron chi connectivity index (χ1n) is 5.99. The van der Waals surface area contributed by atoms with Crippen molar-refractivity contribution in [3.63, 3.8) is 0 Å². The van der Waals surface area contributed by atoms with Crippen LogP contribution in [0.25, 0.3) is 0 Å². The highest BCUT2D eigenvalue weighted by Gasteiger charge is 2.35. The first kappa shape index (κ1) is 14.2. The second kappa shape index (κ2) is 6.19. The van der Waals surface area contributed by atoms with Crippen molar-refractivity contribution in [3.05, 3.63) is 35.9 Å². The Balaban J connectivity index is 2.85. The van der Waals surface area contributed by atoms with E-state index in [1.54, 1.807) is 31.2 Å². The Morgan fingerprint density at radius 2 is 1.89 bits per heavy atom. The molecule has 0 aliphatic rings. The molecule has 0 saturated carbocycles. The molecular formula is C14H19NO3. The molecule has 1 aromatic carbocycles. The van der Waals surface area contributed by atoms with Crippen molar-refractivity contribution in [2.45, 2.75) is 32.2 Å². The van der Waals surface area contributed by atoms with Crippen LogP contribution in [0.4, 0.5) is 0 Å². The summed E-state index contributed by atoms with van der Waals surface area (Å²) in [7, 11) is 1.32. The maximum Gasteiger partial charge on any atom is 0.331 e. The minimum absolute atomic E-state index is 0.267. The largest absolute Gasteiger partial charge is 0.467 e. The fourth-order valence-electron chi connectivity index (χ4n) is 1.85. The van der Waals surface area contributed by atoms with Crippen LogP contribution >= 0.6 is 0 Å². The maximum atomic E-state index is 12.0. The van der Waals surface area contributed by atoms with Crippen molar-refractivity contribution in [2.24, 2.45) is 0 Å². The number of carbonyl (C=O) groups excluding carboxylic acids is 2. The molecule has 0 heterocycles. The number of rotatable bonds is 5. The van der Waals surface area contributed by atoms with Gasteiger partial charge >= 0.3 is 5.97 Å². The van der Waals surface area contributed by atoms with E-state index in [9.17, 15) is 9.59 Å². The molecule has 0 aliphatic carbocycles. The number of esters is 1. The third kappa shape index (κ3) is 3.32. The highest BCUT2D eigenvalue weighted by atomic mass is 16.5. The van der Waals surface area contributed by atoms with Gasteiger partial charge < -0.3 is 10.1 Å². The van der Waals surface area contributed by atoms with E-state index in [4.69, 9.17) is 4.74 Å². The summed E-state index contributed by atoms with van der Waals surface area (Å²) in [6.07, 6.45) is 1.32. The molecule has 1 atom stereocenters. The number of nitrogens with one attached hydrogen (secondary N) is 1. The van der Waals surface area contributed by atoms with E-state index < -0.39 is 11.5 Å². The lowest BCUT2D eigenvalue weighted by Gasteiger charge is -2.27. The van der Waals surface area contributed by atoms with Crippen molar-refractivity contribution in [1.82, 2.24) is 5.32 Å². The SMILES string of the molecule is CCC[C@@](C)(NC(=O)c1ccccc1)C(=O)OC. The summed E-state index contributed by atoms with van der Waals surface area (Å²) in [6.45, 7) is 3.64. The van der Waals surface area contributed by atoms with Crippen LogP contribution < -0.4 is 5.32 Å². The summed E-state index contributed by atoms with van der Waals surface area (Å²) in [5, 5.41) is 2.75. The lowest BCUT2D eigenvalue weighted by Crippen LogP contribution is -2.52. The van der Waals surface area contributed by atoms with Crippen molar-refractivity contribution >= 4 is 11.9 Å². The van der Waals surface area contributed by atoms with Gasteiger partial charge in [0.1, 0.15) is 5.54 Å². The molecule has 0 unspecified atom stereocenters. The smallest absolute Gasteiger partial charge is 0.331 e. The fourth-order valence-corrected chi connectivity index (χ4v) is 1.85. The molecule has 4 nitrogen and oxygen atoms in total.